The summed E-state index contributed by atoms with van der Waals surface area (Å²) in [5, 5.41) is 1.18. The van der Waals surface area contributed by atoms with Gasteiger partial charge in [0.1, 0.15) is 5.75 Å². The van der Waals surface area contributed by atoms with Crippen molar-refractivity contribution in [1.82, 2.24) is 4.90 Å². The SMILES string of the molecule is Cl.Cl.Clc1cc(Cl)cc(OCCc2ccc(CN3CCN(c4ccccc4)CC3)cc2)c1. The highest BCUT2D eigenvalue weighted by Crippen LogP contribution is 2.24. The normalized spacial score (nSPS) is 13.8. The van der Waals surface area contributed by atoms with Gasteiger partial charge in [0.15, 0.2) is 0 Å². The predicted molar refractivity (Wildman–Crippen MR) is 141 cm³/mol. The van der Waals surface area contributed by atoms with Crippen molar-refractivity contribution in [2.75, 3.05) is 37.7 Å². The molecule has 0 saturated carbocycles. The number of nitrogens with zero attached hydrogens (tertiary/aromatic N) is 2. The first kappa shape index (κ1) is 26.6. The summed E-state index contributed by atoms with van der Waals surface area (Å²) in [6.07, 6.45) is 0.847. The molecule has 1 aliphatic heterocycles. The first-order valence-corrected chi connectivity index (χ1v) is 11.1. The van der Waals surface area contributed by atoms with E-state index >= 15 is 0 Å². The highest BCUT2D eigenvalue weighted by atomic mass is 35.5. The van der Waals surface area contributed by atoms with Crippen LogP contribution in [0.1, 0.15) is 11.1 Å². The molecule has 3 aromatic carbocycles. The summed E-state index contributed by atoms with van der Waals surface area (Å²) in [6.45, 7) is 5.93. The Morgan fingerprint density at radius 1 is 0.719 bits per heavy atom. The molecule has 0 spiro atoms. The van der Waals surface area contributed by atoms with Crippen molar-refractivity contribution in [3.63, 3.8) is 0 Å². The van der Waals surface area contributed by atoms with E-state index in [-0.39, 0.29) is 24.8 Å². The molecule has 4 rings (SSSR count). The van der Waals surface area contributed by atoms with E-state index in [0.717, 1.165) is 39.1 Å². The van der Waals surface area contributed by atoms with Gasteiger partial charge < -0.3 is 9.64 Å². The summed E-state index contributed by atoms with van der Waals surface area (Å²) in [5.74, 6) is 0.707. The third-order valence-electron chi connectivity index (χ3n) is 5.42. The van der Waals surface area contributed by atoms with Gasteiger partial charge in [0, 0.05) is 54.9 Å². The molecule has 3 aromatic rings. The maximum Gasteiger partial charge on any atom is 0.122 e. The molecule has 0 bridgehead atoms. The first-order chi connectivity index (χ1) is 14.7. The molecule has 0 aromatic heterocycles. The number of para-hydroxylation sites is 1. The molecule has 0 aliphatic carbocycles. The number of rotatable bonds is 7. The zero-order valence-corrected chi connectivity index (χ0v) is 20.9. The molecule has 1 saturated heterocycles. The van der Waals surface area contributed by atoms with Crippen LogP contribution < -0.4 is 9.64 Å². The fourth-order valence-electron chi connectivity index (χ4n) is 3.77. The van der Waals surface area contributed by atoms with E-state index in [4.69, 9.17) is 27.9 Å². The monoisotopic (exact) mass is 512 g/mol. The van der Waals surface area contributed by atoms with E-state index in [2.05, 4.69) is 64.4 Å². The molecular formula is C25H28Cl4N2O. The van der Waals surface area contributed by atoms with Gasteiger partial charge in [0.05, 0.1) is 6.61 Å². The van der Waals surface area contributed by atoms with E-state index in [1.54, 1.807) is 18.2 Å². The van der Waals surface area contributed by atoms with Crippen LogP contribution >= 0.6 is 48.0 Å². The molecule has 0 atom stereocenters. The van der Waals surface area contributed by atoms with Crippen molar-refractivity contribution < 1.29 is 4.74 Å². The Labute approximate surface area is 213 Å². The molecule has 0 radical (unpaired) electrons. The van der Waals surface area contributed by atoms with Gasteiger partial charge in [-0.3, -0.25) is 4.90 Å². The first-order valence-electron chi connectivity index (χ1n) is 10.3. The lowest BCUT2D eigenvalue weighted by Gasteiger charge is -2.36. The van der Waals surface area contributed by atoms with Gasteiger partial charge in [-0.25, -0.2) is 0 Å². The molecular weight excluding hydrogens is 486 g/mol. The second-order valence-corrected chi connectivity index (χ2v) is 8.49. The molecule has 0 N–H and O–H groups in total. The molecule has 1 heterocycles. The summed E-state index contributed by atoms with van der Waals surface area (Å²) in [6, 6.07) is 24.8. The van der Waals surface area contributed by atoms with Crippen LogP contribution in [0.3, 0.4) is 0 Å². The lowest BCUT2D eigenvalue weighted by atomic mass is 10.1. The summed E-state index contributed by atoms with van der Waals surface area (Å²) in [5.41, 5.74) is 3.94. The fourth-order valence-corrected chi connectivity index (χ4v) is 4.28. The average molecular weight is 514 g/mol. The zero-order valence-electron chi connectivity index (χ0n) is 17.8. The van der Waals surface area contributed by atoms with Crippen LogP contribution in [-0.4, -0.2) is 37.7 Å². The Hall–Kier alpha value is -1.62. The Bertz CT molecular complexity index is 926. The third kappa shape index (κ3) is 7.75. The lowest BCUT2D eigenvalue weighted by Crippen LogP contribution is -2.45. The van der Waals surface area contributed by atoms with Gasteiger partial charge in [0.2, 0.25) is 0 Å². The quantitative estimate of drug-likeness (QED) is 0.346. The van der Waals surface area contributed by atoms with Gasteiger partial charge in [-0.05, 0) is 41.5 Å². The number of halogens is 4. The third-order valence-corrected chi connectivity index (χ3v) is 5.85. The standard InChI is InChI=1S/C25H26Cl2N2O.2ClH/c26-22-16-23(27)18-25(17-22)30-15-10-20-6-8-21(9-7-20)19-28-11-13-29(14-12-28)24-4-2-1-3-5-24;;/h1-9,16-18H,10-15,19H2;2*1H. The van der Waals surface area contributed by atoms with Gasteiger partial charge in [-0.15, -0.1) is 24.8 Å². The Kier molecular flexibility index (Phi) is 11.0. The number of piperazine rings is 1. The van der Waals surface area contributed by atoms with Crippen molar-refractivity contribution >= 4 is 53.7 Å². The topological polar surface area (TPSA) is 15.7 Å². The Morgan fingerprint density at radius 2 is 1.31 bits per heavy atom. The van der Waals surface area contributed by atoms with Gasteiger partial charge in [-0.2, -0.15) is 0 Å². The van der Waals surface area contributed by atoms with Crippen molar-refractivity contribution in [1.29, 1.82) is 0 Å². The van der Waals surface area contributed by atoms with Crippen LogP contribution in [0.15, 0.2) is 72.8 Å². The minimum atomic E-state index is 0. The van der Waals surface area contributed by atoms with E-state index in [1.165, 1.54) is 16.8 Å². The molecule has 7 heteroatoms. The molecule has 1 aliphatic rings. The minimum Gasteiger partial charge on any atom is -0.493 e. The minimum absolute atomic E-state index is 0. The number of benzene rings is 3. The summed E-state index contributed by atoms with van der Waals surface area (Å²) in [7, 11) is 0. The fraction of sp³-hybridized carbons (Fsp3) is 0.280. The van der Waals surface area contributed by atoms with Crippen LogP contribution in [0.25, 0.3) is 0 Å². The van der Waals surface area contributed by atoms with E-state index in [1.807, 2.05) is 0 Å². The number of hydrogen-bond acceptors (Lipinski definition) is 3. The Balaban J connectivity index is 0.00000181. The second kappa shape index (κ2) is 13.2. The highest BCUT2D eigenvalue weighted by molar-refractivity contribution is 6.34. The number of anilines is 1. The molecule has 32 heavy (non-hydrogen) atoms. The van der Waals surface area contributed by atoms with Gasteiger partial charge in [-0.1, -0.05) is 65.7 Å². The van der Waals surface area contributed by atoms with Crippen LogP contribution in [0, 0.1) is 0 Å². The summed E-state index contributed by atoms with van der Waals surface area (Å²) < 4.78 is 5.79. The lowest BCUT2D eigenvalue weighted by molar-refractivity contribution is 0.250. The van der Waals surface area contributed by atoms with Crippen molar-refractivity contribution in [3.8, 4) is 5.75 Å². The molecule has 0 amide bonds. The largest absolute Gasteiger partial charge is 0.493 e. The molecule has 0 unspecified atom stereocenters. The van der Waals surface area contributed by atoms with Crippen molar-refractivity contribution in [2.45, 2.75) is 13.0 Å². The van der Waals surface area contributed by atoms with Gasteiger partial charge >= 0.3 is 0 Å². The van der Waals surface area contributed by atoms with Crippen LogP contribution in [-0.2, 0) is 13.0 Å². The maximum atomic E-state index is 6.01. The Morgan fingerprint density at radius 3 is 1.94 bits per heavy atom. The van der Waals surface area contributed by atoms with Crippen LogP contribution in [0.4, 0.5) is 5.69 Å². The van der Waals surface area contributed by atoms with Crippen molar-refractivity contribution in [2.24, 2.45) is 0 Å². The zero-order chi connectivity index (χ0) is 20.8. The second-order valence-electron chi connectivity index (χ2n) is 7.62. The van der Waals surface area contributed by atoms with Crippen LogP contribution in [0.5, 0.6) is 5.75 Å². The highest BCUT2D eigenvalue weighted by Gasteiger charge is 2.17. The average Bonchev–Trinajstić information content (AvgIpc) is 2.75. The maximum absolute atomic E-state index is 6.01. The summed E-state index contributed by atoms with van der Waals surface area (Å²) in [4.78, 5) is 4.99. The predicted octanol–water partition coefficient (Wildman–Crippen LogP) is 6.78. The molecule has 3 nitrogen and oxygen atoms in total. The van der Waals surface area contributed by atoms with Crippen LogP contribution in [0.2, 0.25) is 10.0 Å². The molecule has 1 fully saturated rings. The number of ether oxygens (including phenoxy) is 1. The van der Waals surface area contributed by atoms with Gasteiger partial charge in [0.25, 0.3) is 0 Å². The number of hydrogen-bond donors (Lipinski definition) is 0. The van der Waals surface area contributed by atoms with E-state index < -0.39 is 0 Å². The van der Waals surface area contributed by atoms with E-state index in [9.17, 15) is 0 Å². The van der Waals surface area contributed by atoms with Crippen molar-refractivity contribution in [3.05, 3.63) is 94.0 Å². The van der Waals surface area contributed by atoms with E-state index in [0.29, 0.717) is 22.4 Å². The molecule has 172 valence electrons. The smallest absolute Gasteiger partial charge is 0.122 e. The summed E-state index contributed by atoms with van der Waals surface area (Å²) >= 11 is 12.0.